The summed E-state index contributed by atoms with van der Waals surface area (Å²) in [5, 5.41) is 0. The van der Waals surface area contributed by atoms with Crippen molar-refractivity contribution in [2.45, 2.75) is 13.0 Å². The maximum Gasteiger partial charge on any atom is 0.352 e. The molecule has 0 radical (unpaired) electrons. The van der Waals surface area contributed by atoms with Crippen LogP contribution >= 0.6 is 31.9 Å². The molecule has 5 heteroatoms. The zero-order valence-electron chi connectivity index (χ0n) is 11.4. The average molecular weight is 414 g/mol. The molecule has 0 N–H and O–H groups in total. The van der Waals surface area contributed by atoms with Crippen molar-refractivity contribution in [2.24, 2.45) is 0 Å². The van der Waals surface area contributed by atoms with Crippen molar-refractivity contribution >= 4 is 37.8 Å². The largest absolute Gasteiger partial charge is 0.473 e. The standard InChI is InChI=1S/C16H14Br2O3/c1-2-20-16(19)15(11-6-4-3-5-7-11)21-14-9-8-12(17)10-13(14)18/h3-10,15H,2H2,1H3. The first kappa shape index (κ1) is 16.0. The summed E-state index contributed by atoms with van der Waals surface area (Å²) in [7, 11) is 0. The van der Waals surface area contributed by atoms with Gasteiger partial charge >= 0.3 is 5.97 Å². The Bertz CT molecular complexity index is 614. The van der Waals surface area contributed by atoms with Gasteiger partial charge in [0.15, 0.2) is 0 Å². The Labute approximate surface area is 140 Å². The molecule has 0 saturated carbocycles. The van der Waals surface area contributed by atoms with E-state index < -0.39 is 12.1 Å². The predicted octanol–water partition coefficient (Wildman–Crippen LogP) is 4.89. The van der Waals surface area contributed by atoms with Gasteiger partial charge in [-0.05, 0) is 41.1 Å². The highest BCUT2D eigenvalue weighted by Crippen LogP contribution is 2.32. The zero-order valence-corrected chi connectivity index (χ0v) is 14.6. The second-order valence-electron chi connectivity index (χ2n) is 4.24. The summed E-state index contributed by atoms with van der Waals surface area (Å²) in [4.78, 5) is 12.2. The van der Waals surface area contributed by atoms with E-state index in [0.717, 1.165) is 14.5 Å². The number of carbonyl (C=O) groups excluding carboxylic acids is 1. The fourth-order valence-corrected chi connectivity index (χ4v) is 2.94. The van der Waals surface area contributed by atoms with Gasteiger partial charge in [0, 0.05) is 10.0 Å². The maximum absolute atomic E-state index is 12.2. The Morgan fingerprint density at radius 2 is 1.86 bits per heavy atom. The molecule has 0 spiro atoms. The minimum Gasteiger partial charge on any atom is -0.473 e. The first-order chi connectivity index (χ1) is 10.1. The van der Waals surface area contributed by atoms with E-state index in [4.69, 9.17) is 9.47 Å². The maximum atomic E-state index is 12.2. The quantitative estimate of drug-likeness (QED) is 0.654. The molecule has 2 aromatic rings. The van der Waals surface area contributed by atoms with Crippen molar-refractivity contribution in [3.63, 3.8) is 0 Å². The van der Waals surface area contributed by atoms with Crippen molar-refractivity contribution < 1.29 is 14.3 Å². The highest BCUT2D eigenvalue weighted by Gasteiger charge is 2.24. The topological polar surface area (TPSA) is 35.5 Å². The van der Waals surface area contributed by atoms with Gasteiger partial charge in [-0.3, -0.25) is 0 Å². The Morgan fingerprint density at radius 1 is 1.14 bits per heavy atom. The molecule has 3 nitrogen and oxygen atoms in total. The first-order valence-electron chi connectivity index (χ1n) is 6.45. The third-order valence-corrected chi connectivity index (χ3v) is 3.85. The molecule has 0 aromatic heterocycles. The van der Waals surface area contributed by atoms with Gasteiger partial charge < -0.3 is 9.47 Å². The Hall–Kier alpha value is -1.33. The van der Waals surface area contributed by atoms with Crippen LogP contribution in [0.3, 0.4) is 0 Å². The van der Waals surface area contributed by atoms with Crippen molar-refractivity contribution in [1.82, 2.24) is 0 Å². The Kier molecular flexibility index (Phi) is 5.82. The molecule has 2 aromatic carbocycles. The van der Waals surface area contributed by atoms with Gasteiger partial charge in [0.1, 0.15) is 5.75 Å². The van der Waals surface area contributed by atoms with Crippen LogP contribution in [0.15, 0.2) is 57.5 Å². The zero-order chi connectivity index (χ0) is 15.2. The highest BCUT2D eigenvalue weighted by molar-refractivity contribution is 9.11. The monoisotopic (exact) mass is 412 g/mol. The fraction of sp³-hybridized carbons (Fsp3) is 0.188. The third-order valence-electron chi connectivity index (χ3n) is 2.74. The number of ether oxygens (including phenoxy) is 2. The molecule has 1 unspecified atom stereocenters. The molecule has 0 aliphatic rings. The highest BCUT2D eigenvalue weighted by atomic mass is 79.9. The molecular weight excluding hydrogens is 400 g/mol. The molecule has 0 aliphatic heterocycles. The molecule has 0 amide bonds. The van der Waals surface area contributed by atoms with E-state index in [0.29, 0.717) is 12.4 Å². The van der Waals surface area contributed by atoms with Crippen LogP contribution in [0.4, 0.5) is 0 Å². The third kappa shape index (κ3) is 4.32. The van der Waals surface area contributed by atoms with Crippen LogP contribution in [0.2, 0.25) is 0 Å². The number of carbonyl (C=O) groups is 1. The fourth-order valence-electron chi connectivity index (χ4n) is 1.80. The summed E-state index contributed by atoms with van der Waals surface area (Å²) in [6, 6.07) is 14.8. The molecule has 21 heavy (non-hydrogen) atoms. The molecule has 0 fully saturated rings. The van der Waals surface area contributed by atoms with Gasteiger partial charge in [-0.15, -0.1) is 0 Å². The van der Waals surface area contributed by atoms with Crippen LogP contribution in [0.25, 0.3) is 0 Å². The number of hydrogen-bond acceptors (Lipinski definition) is 3. The lowest BCUT2D eigenvalue weighted by Gasteiger charge is -2.19. The van der Waals surface area contributed by atoms with Gasteiger partial charge in [0.25, 0.3) is 0 Å². The van der Waals surface area contributed by atoms with E-state index in [1.165, 1.54) is 0 Å². The second kappa shape index (κ2) is 7.61. The lowest BCUT2D eigenvalue weighted by molar-refractivity contribution is -0.151. The second-order valence-corrected chi connectivity index (χ2v) is 6.01. The van der Waals surface area contributed by atoms with Crippen molar-refractivity contribution in [3.8, 4) is 5.75 Å². The lowest BCUT2D eigenvalue weighted by atomic mass is 10.1. The molecule has 0 saturated heterocycles. The Balaban J connectivity index is 2.30. The van der Waals surface area contributed by atoms with E-state index in [9.17, 15) is 4.79 Å². The minimum absolute atomic E-state index is 0.313. The molecule has 0 aliphatic carbocycles. The number of rotatable bonds is 5. The minimum atomic E-state index is -0.788. The van der Waals surface area contributed by atoms with Crippen LogP contribution in [0.1, 0.15) is 18.6 Å². The average Bonchev–Trinajstić information content (AvgIpc) is 2.47. The molecule has 2 rings (SSSR count). The summed E-state index contributed by atoms with van der Waals surface area (Å²) in [5.74, 6) is 0.179. The predicted molar refractivity (Wildman–Crippen MR) is 88.3 cm³/mol. The molecule has 0 bridgehead atoms. The van der Waals surface area contributed by atoms with Crippen molar-refractivity contribution in [3.05, 3.63) is 63.0 Å². The molecular formula is C16H14Br2O3. The van der Waals surface area contributed by atoms with E-state index in [1.807, 2.05) is 42.5 Å². The number of hydrogen-bond donors (Lipinski definition) is 0. The van der Waals surface area contributed by atoms with E-state index >= 15 is 0 Å². The SMILES string of the molecule is CCOC(=O)C(Oc1ccc(Br)cc1Br)c1ccccc1. The molecule has 0 heterocycles. The van der Waals surface area contributed by atoms with Crippen LogP contribution in [0, 0.1) is 0 Å². The van der Waals surface area contributed by atoms with Gasteiger partial charge in [-0.2, -0.15) is 0 Å². The van der Waals surface area contributed by atoms with E-state index in [-0.39, 0.29) is 0 Å². The molecule has 110 valence electrons. The number of benzene rings is 2. The van der Waals surface area contributed by atoms with Crippen LogP contribution in [-0.2, 0) is 9.53 Å². The van der Waals surface area contributed by atoms with Crippen LogP contribution < -0.4 is 4.74 Å². The van der Waals surface area contributed by atoms with E-state index in [2.05, 4.69) is 31.9 Å². The van der Waals surface area contributed by atoms with Gasteiger partial charge in [0.2, 0.25) is 6.10 Å². The summed E-state index contributed by atoms with van der Waals surface area (Å²) in [6.07, 6.45) is -0.788. The summed E-state index contributed by atoms with van der Waals surface area (Å²) >= 11 is 6.81. The summed E-state index contributed by atoms with van der Waals surface area (Å²) in [5.41, 5.74) is 0.755. The van der Waals surface area contributed by atoms with E-state index in [1.54, 1.807) is 13.0 Å². The van der Waals surface area contributed by atoms with Gasteiger partial charge in [-0.25, -0.2) is 4.79 Å². The first-order valence-corrected chi connectivity index (χ1v) is 8.03. The van der Waals surface area contributed by atoms with Crippen molar-refractivity contribution in [1.29, 1.82) is 0 Å². The van der Waals surface area contributed by atoms with Crippen LogP contribution in [0.5, 0.6) is 5.75 Å². The Morgan fingerprint density at radius 3 is 2.48 bits per heavy atom. The molecule has 1 atom stereocenters. The summed E-state index contributed by atoms with van der Waals surface area (Å²) in [6.45, 7) is 2.09. The number of halogens is 2. The van der Waals surface area contributed by atoms with Gasteiger partial charge in [0.05, 0.1) is 11.1 Å². The van der Waals surface area contributed by atoms with Crippen molar-refractivity contribution in [2.75, 3.05) is 6.61 Å². The number of esters is 1. The van der Waals surface area contributed by atoms with Gasteiger partial charge in [-0.1, -0.05) is 46.3 Å². The lowest BCUT2D eigenvalue weighted by Crippen LogP contribution is -2.21. The normalized spacial score (nSPS) is 11.8. The summed E-state index contributed by atoms with van der Waals surface area (Å²) < 4.78 is 12.7. The smallest absolute Gasteiger partial charge is 0.352 e. The van der Waals surface area contributed by atoms with Crippen LogP contribution in [-0.4, -0.2) is 12.6 Å².